The van der Waals surface area contributed by atoms with Gasteiger partial charge in [0.2, 0.25) is 5.91 Å². The van der Waals surface area contributed by atoms with Crippen LogP contribution in [0.1, 0.15) is 23.3 Å². The topological polar surface area (TPSA) is 60.5 Å². The van der Waals surface area contributed by atoms with Crippen molar-refractivity contribution in [2.75, 3.05) is 27.2 Å². The van der Waals surface area contributed by atoms with Crippen molar-refractivity contribution in [2.24, 2.45) is 0 Å². The first-order valence-electron chi connectivity index (χ1n) is 10.2. The fourth-order valence-electron chi connectivity index (χ4n) is 3.22. The molecule has 3 aromatic rings. The molecule has 6 heteroatoms. The van der Waals surface area contributed by atoms with Gasteiger partial charge in [0.1, 0.15) is 17.3 Å². The SMILES string of the molecule is CN(C)CCN(Cc1ccc(C#N)cc1)C(=O)CCc1ccc(-c2ccccc2F)o1. The predicted molar refractivity (Wildman–Crippen MR) is 118 cm³/mol. The predicted octanol–water partition coefficient (Wildman–Crippen LogP) is 4.48. The lowest BCUT2D eigenvalue weighted by atomic mass is 10.1. The first kappa shape index (κ1) is 22.3. The summed E-state index contributed by atoms with van der Waals surface area (Å²) in [7, 11) is 3.94. The molecular weight excluding hydrogens is 393 g/mol. The third kappa shape index (κ3) is 6.27. The number of aryl methyl sites for hydroxylation is 1. The molecule has 0 N–H and O–H groups in total. The fraction of sp³-hybridized carbons (Fsp3) is 0.280. The van der Waals surface area contributed by atoms with E-state index in [9.17, 15) is 9.18 Å². The van der Waals surface area contributed by atoms with Crippen molar-refractivity contribution in [2.45, 2.75) is 19.4 Å². The molecule has 0 fully saturated rings. The van der Waals surface area contributed by atoms with Crippen molar-refractivity contribution < 1.29 is 13.6 Å². The smallest absolute Gasteiger partial charge is 0.223 e. The highest BCUT2D eigenvalue weighted by Crippen LogP contribution is 2.25. The van der Waals surface area contributed by atoms with Gasteiger partial charge in [0.05, 0.1) is 17.2 Å². The quantitative estimate of drug-likeness (QED) is 0.513. The molecule has 0 spiro atoms. The summed E-state index contributed by atoms with van der Waals surface area (Å²) >= 11 is 0. The maximum atomic E-state index is 14.0. The Bertz CT molecular complexity index is 1050. The summed E-state index contributed by atoms with van der Waals surface area (Å²) in [6.07, 6.45) is 0.743. The van der Waals surface area contributed by atoms with Crippen molar-refractivity contribution in [1.29, 1.82) is 5.26 Å². The maximum Gasteiger partial charge on any atom is 0.223 e. The second-order valence-corrected chi connectivity index (χ2v) is 7.67. The van der Waals surface area contributed by atoms with Crippen LogP contribution in [0.15, 0.2) is 65.1 Å². The van der Waals surface area contributed by atoms with Gasteiger partial charge >= 0.3 is 0 Å². The molecule has 0 aliphatic heterocycles. The molecule has 0 bridgehead atoms. The van der Waals surface area contributed by atoms with Crippen LogP contribution in [0.3, 0.4) is 0 Å². The van der Waals surface area contributed by atoms with E-state index >= 15 is 0 Å². The van der Waals surface area contributed by atoms with Crippen molar-refractivity contribution >= 4 is 5.91 Å². The minimum Gasteiger partial charge on any atom is -0.461 e. The molecule has 2 aromatic carbocycles. The average Bonchev–Trinajstić information content (AvgIpc) is 3.24. The molecule has 0 aliphatic rings. The Kier molecular flexibility index (Phi) is 7.58. The summed E-state index contributed by atoms with van der Waals surface area (Å²) in [5, 5.41) is 8.96. The molecule has 1 heterocycles. The second-order valence-electron chi connectivity index (χ2n) is 7.67. The molecule has 0 saturated heterocycles. The average molecular weight is 420 g/mol. The summed E-state index contributed by atoms with van der Waals surface area (Å²) in [6, 6.07) is 19.4. The van der Waals surface area contributed by atoms with Crippen molar-refractivity contribution in [1.82, 2.24) is 9.80 Å². The summed E-state index contributed by atoms with van der Waals surface area (Å²) < 4.78 is 19.7. The van der Waals surface area contributed by atoms with Crippen LogP contribution >= 0.6 is 0 Å². The number of benzene rings is 2. The molecule has 0 aliphatic carbocycles. The van der Waals surface area contributed by atoms with E-state index in [4.69, 9.17) is 9.68 Å². The van der Waals surface area contributed by atoms with Gasteiger partial charge in [-0.15, -0.1) is 0 Å². The molecule has 31 heavy (non-hydrogen) atoms. The highest BCUT2D eigenvalue weighted by molar-refractivity contribution is 5.76. The molecule has 0 atom stereocenters. The number of rotatable bonds is 9. The van der Waals surface area contributed by atoms with E-state index in [2.05, 4.69) is 6.07 Å². The Hall–Kier alpha value is -3.43. The molecule has 5 nitrogen and oxygen atoms in total. The first-order chi connectivity index (χ1) is 15.0. The monoisotopic (exact) mass is 419 g/mol. The van der Waals surface area contributed by atoms with E-state index in [1.165, 1.54) is 6.07 Å². The Morgan fingerprint density at radius 2 is 1.77 bits per heavy atom. The number of furan rings is 1. The Morgan fingerprint density at radius 3 is 2.45 bits per heavy atom. The lowest BCUT2D eigenvalue weighted by Gasteiger charge is -2.24. The maximum absolute atomic E-state index is 14.0. The molecule has 3 rings (SSSR count). The summed E-state index contributed by atoms with van der Waals surface area (Å²) in [4.78, 5) is 16.8. The van der Waals surface area contributed by atoms with Crippen LogP contribution in [0.5, 0.6) is 0 Å². The normalized spacial score (nSPS) is 10.8. The largest absolute Gasteiger partial charge is 0.461 e. The number of halogens is 1. The first-order valence-corrected chi connectivity index (χ1v) is 10.2. The van der Waals surface area contributed by atoms with E-state index in [1.807, 2.05) is 36.0 Å². The van der Waals surface area contributed by atoms with E-state index in [0.29, 0.717) is 48.6 Å². The number of nitriles is 1. The van der Waals surface area contributed by atoms with Crippen molar-refractivity contribution in [3.8, 4) is 17.4 Å². The third-order valence-corrected chi connectivity index (χ3v) is 5.01. The number of hydrogen-bond acceptors (Lipinski definition) is 4. The Labute approximate surface area is 182 Å². The van der Waals surface area contributed by atoms with E-state index in [1.54, 1.807) is 42.5 Å². The van der Waals surface area contributed by atoms with Crippen LogP contribution in [0, 0.1) is 17.1 Å². The zero-order valence-electron chi connectivity index (χ0n) is 17.8. The van der Waals surface area contributed by atoms with Gasteiger partial charge in [-0.05, 0) is 56.1 Å². The zero-order chi connectivity index (χ0) is 22.2. The lowest BCUT2D eigenvalue weighted by molar-refractivity contribution is -0.132. The Morgan fingerprint density at radius 1 is 1.03 bits per heavy atom. The standard InChI is InChI=1S/C25H26FN3O2/c1-28(2)15-16-29(18-20-9-7-19(17-27)8-10-20)25(30)14-12-21-11-13-24(31-21)22-5-3-4-6-23(22)26/h3-11,13H,12,14-16,18H2,1-2H3. The van der Waals surface area contributed by atoms with Gasteiger partial charge < -0.3 is 14.2 Å². The van der Waals surface area contributed by atoms with Crippen LogP contribution in [-0.4, -0.2) is 42.9 Å². The number of nitrogens with zero attached hydrogens (tertiary/aromatic N) is 3. The van der Waals surface area contributed by atoms with Crippen LogP contribution < -0.4 is 0 Å². The fourth-order valence-corrected chi connectivity index (χ4v) is 3.22. The van der Waals surface area contributed by atoms with Gasteiger partial charge in [-0.25, -0.2) is 4.39 Å². The molecule has 0 radical (unpaired) electrons. The summed E-state index contributed by atoms with van der Waals surface area (Å²) in [5.74, 6) is 0.798. The number of likely N-dealkylation sites (N-methyl/N-ethyl adjacent to an activating group) is 1. The molecule has 0 saturated carbocycles. The summed E-state index contributed by atoms with van der Waals surface area (Å²) in [5.41, 5.74) is 1.98. The number of amides is 1. The summed E-state index contributed by atoms with van der Waals surface area (Å²) in [6.45, 7) is 1.84. The number of carbonyl (C=O) groups is 1. The highest BCUT2D eigenvalue weighted by atomic mass is 19.1. The van der Waals surface area contributed by atoms with Crippen LogP contribution in [0.2, 0.25) is 0 Å². The molecule has 0 unspecified atom stereocenters. The van der Waals surface area contributed by atoms with Crippen molar-refractivity contribution in [3.05, 3.63) is 83.4 Å². The van der Waals surface area contributed by atoms with E-state index in [-0.39, 0.29) is 11.7 Å². The minimum absolute atomic E-state index is 0.0232. The molecular formula is C25H26FN3O2. The van der Waals surface area contributed by atoms with E-state index < -0.39 is 0 Å². The van der Waals surface area contributed by atoms with Crippen molar-refractivity contribution in [3.63, 3.8) is 0 Å². The van der Waals surface area contributed by atoms with Gasteiger partial charge in [-0.2, -0.15) is 5.26 Å². The zero-order valence-corrected chi connectivity index (χ0v) is 17.8. The van der Waals surface area contributed by atoms with Gasteiger partial charge in [-0.3, -0.25) is 4.79 Å². The molecule has 160 valence electrons. The molecule has 1 aromatic heterocycles. The molecule has 1 amide bonds. The van der Waals surface area contributed by atoms with Crippen LogP contribution in [0.4, 0.5) is 4.39 Å². The van der Waals surface area contributed by atoms with Gasteiger partial charge in [-0.1, -0.05) is 24.3 Å². The minimum atomic E-state index is -0.336. The van der Waals surface area contributed by atoms with E-state index in [0.717, 1.165) is 12.1 Å². The highest BCUT2D eigenvalue weighted by Gasteiger charge is 2.16. The van der Waals surface area contributed by atoms with Crippen LogP contribution in [-0.2, 0) is 17.8 Å². The van der Waals surface area contributed by atoms with Gasteiger partial charge in [0, 0.05) is 32.5 Å². The van der Waals surface area contributed by atoms with Gasteiger partial charge in [0.25, 0.3) is 0 Å². The lowest BCUT2D eigenvalue weighted by Crippen LogP contribution is -2.36. The second kappa shape index (κ2) is 10.6. The number of hydrogen-bond donors (Lipinski definition) is 0. The van der Waals surface area contributed by atoms with Gasteiger partial charge in [0.15, 0.2) is 0 Å². The Balaban J connectivity index is 1.64. The van der Waals surface area contributed by atoms with Crippen LogP contribution in [0.25, 0.3) is 11.3 Å². The third-order valence-electron chi connectivity index (χ3n) is 5.01. The number of carbonyl (C=O) groups excluding carboxylic acids is 1.